The quantitative estimate of drug-likeness (QED) is 0.279. The van der Waals surface area contributed by atoms with Gasteiger partial charge >= 0.3 is 0 Å². The Bertz CT molecular complexity index is 604. The number of hydrogen-bond donors (Lipinski definition) is 2. The lowest BCUT2D eigenvalue weighted by atomic mass is 10.2. The highest BCUT2D eigenvalue weighted by Gasteiger charge is 2.01. The summed E-state index contributed by atoms with van der Waals surface area (Å²) in [5, 5.41) is 6.62. The summed E-state index contributed by atoms with van der Waals surface area (Å²) in [5.74, 6) is 0.817. The zero-order chi connectivity index (χ0) is 17.0. The predicted molar refractivity (Wildman–Crippen MR) is 117 cm³/mol. The van der Waals surface area contributed by atoms with Gasteiger partial charge < -0.3 is 15.5 Å². The van der Waals surface area contributed by atoms with Crippen molar-refractivity contribution in [1.82, 2.24) is 15.6 Å². The number of rotatable bonds is 8. The Labute approximate surface area is 168 Å². The number of unbranched alkanes of at least 4 members (excludes halogenated alkanes) is 1. The van der Waals surface area contributed by atoms with Crippen molar-refractivity contribution in [1.29, 1.82) is 0 Å². The first-order valence-corrected chi connectivity index (χ1v) is 8.40. The number of para-hydroxylation sites is 1. The van der Waals surface area contributed by atoms with E-state index in [1.54, 1.807) is 13.2 Å². The molecule has 0 unspecified atom stereocenters. The van der Waals surface area contributed by atoms with E-state index < -0.39 is 0 Å². The number of aliphatic imine (C=N–C) groups is 1. The zero-order valence-corrected chi connectivity index (χ0v) is 17.3. The number of nitrogens with zero attached hydrogens (tertiary/aromatic N) is 3. The van der Waals surface area contributed by atoms with E-state index in [1.807, 2.05) is 24.3 Å². The smallest absolute Gasteiger partial charge is 0.191 e. The van der Waals surface area contributed by atoms with Gasteiger partial charge in [0.25, 0.3) is 0 Å². The molecule has 0 atom stereocenters. The minimum absolute atomic E-state index is 0. The zero-order valence-electron chi connectivity index (χ0n) is 15.0. The van der Waals surface area contributed by atoms with Crippen LogP contribution in [0.3, 0.4) is 0 Å². The minimum atomic E-state index is 0. The van der Waals surface area contributed by atoms with Crippen molar-refractivity contribution in [3.8, 4) is 0 Å². The van der Waals surface area contributed by atoms with Gasteiger partial charge in [-0.25, -0.2) is 0 Å². The van der Waals surface area contributed by atoms with Crippen molar-refractivity contribution < 1.29 is 0 Å². The molecule has 1 aromatic carbocycles. The lowest BCUT2D eigenvalue weighted by Crippen LogP contribution is -2.37. The van der Waals surface area contributed by atoms with Crippen LogP contribution in [0.2, 0.25) is 0 Å². The van der Waals surface area contributed by atoms with Crippen molar-refractivity contribution >= 4 is 35.6 Å². The van der Waals surface area contributed by atoms with Crippen molar-refractivity contribution in [2.24, 2.45) is 4.99 Å². The summed E-state index contributed by atoms with van der Waals surface area (Å²) in [6.07, 6.45) is 4.04. The Hall–Kier alpha value is -1.83. The van der Waals surface area contributed by atoms with Crippen LogP contribution in [0.15, 0.2) is 59.7 Å². The van der Waals surface area contributed by atoms with Crippen LogP contribution in [-0.4, -0.2) is 38.1 Å². The first-order chi connectivity index (χ1) is 11.8. The van der Waals surface area contributed by atoms with Crippen LogP contribution in [-0.2, 0) is 6.54 Å². The summed E-state index contributed by atoms with van der Waals surface area (Å²) < 4.78 is 0. The van der Waals surface area contributed by atoms with Gasteiger partial charge in [-0.15, -0.1) is 24.0 Å². The highest BCUT2D eigenvalue weighted by Crippen LogP contribution is 2.11. The van der Waals surface area contributed by atoms with Crippen LogP contribution in [0.5, 0.6) is 0 Å². The average molecular weight is 453 g/mol. The third kappa shape index (κ3) is 8.20. The van der Waals surface area contributed by atoms with E-state index in [0.717, 1.165) is 37.6 Å². The molecule has 25 heavy (non-hydrogen) atoms. The van der Waals surface area contributed by atoms with E-state index in [-0.39, 0.29) is 24.0 Å². The molecular weight excluding hydrogens is 425 g/mol. The standard InChI is InChI=1S/C19H27N5.HI/c1-20-19(23-16-17-10-6-7-13-21-17)22-14-8-9-15-24(2)18-11-4-3-5-12-18;/h3-7,10-13H,8-9,14-16H2,1-2H3,(H2,20,22,23);1H. The first-order valence-electron chi connectivity index (χ1n) is 8.40. The number of aromatic nitrogens is 1. The Morgan fingerprint density at radius 3 is 2.48 bits per heavy atom. The van der Waals surface area contributed by atoms with Crippen LogP contribution < -0.4 is 15.5 Å². The van der Waals surface area contributed by atoms with E-state index in [0.29, 0.717) is 6.54 Å². The molecule has 0 aliphatic carbocycles. The van der Waals surface area contributed by atoms with E-state index in [1.165, 1.54) is 5.69 Å². The molecule has 0 amide bonds. The van der Waals surface area contributed by atoms with Crippen LogP contribution >= 0.6 is 24.0 Å². The second-order valence-electron chi connectivity index (χ2n) is 5.64. The molecular formula is C19H28IN5. The third-order valence-corrected chi connectivity index (χ3v) is 3.80. The highest BCUT2D eigenvalue weighted by molar-refractivity contribution is 14.0. The number of hydrogen-bond acceptors (Lipinski definition) is 3. The Morgan fingerprint density at radius 1 is 1.04 bits per heavy atom. The Morgan fingerprint density at radius 2 is 1.80 bits per heavy atom. The number of anilines is 1. The van der Waals surface area contributed by atoms with Crippen molar-refractivity contribution in [2.75, 3.05) is 32.1 Å². The van der Waals surface area contributed by atoms with Crippen molar-refractivity contribution in [3.05, 3.63) is 60.4 Å². The summed E-state index contributed by atoms with van der Waals surface area (Å²) in [5.41, 5.74) is 2.27. The van der Waals surface area contributed by atoms with Gasteiger partial charge in [-0.2, -0.15) is 0 Å². The first kappa shape index (κ1) is 21.2. The molecule has 1 aromatic heterocycles. The van der Waals surface area contributed by atoms with Gasteiger partial charge in [0.05, 0.1) is 12.2 Å². The largest absolute Gasteiger partial charge is 0.375 e. The van der Waals surface area contributed by atoms with E-state index in [4.69, 9.17) is 0 Å². The molecule has 2 rings (SSSR count). The van der Waals surface area contributed by atoms with Crippen molar-refractivity contribution in [2.45, 2.75) is 19.4 Å². The number of halogens is 1. The van der Waals surface area contributed by atoms with Gasteiger partial charge in [-0.05, 0) is 37.1 Å². The summed E-state index contributed by atoms with van der Waals surface area (Å²) in [6, 6.07) is 16.4. The maximum absolute atomic E-state index is 4.29. The van der Waals surface area contributed by atoms with E-state index in [2.05, 4.69) is 56.8 Å². The molecule has 0 spiro atoms. The molecule has 0 saturated heterocycles. The van der Waals surface area contributed by atoms with Gasteiger partial charge in [0.1, 0.15) is 0 Å². The monoisotopic (exact) mass is 453 g/mol. The van der Waals surface area contributed by atoms with Crippen LogP contribution in [0.4, 0.5) is 5.69 Å². The van der Waals surface area contributed by atoms with Crippen LogP contribution in [0.1, 0.15) is 18.5 Å². The molecule has 0 bridgehead atoms. The fraction of sp³-hybridized carbons (Fsp3) is 0.368. The molecule has 0 aliphatic rings. The summed E-state index contributed by atoms with van der Waals surface area (Å²) in [7, 11) is 3.92. The fourth-order valence-corrected chi connectivity index (χ4v) is 2.39. The second kappa shape index (κ2) is 12.5. The van der Waals surface area contributed by atoms with E-state index >= 15 is 0 Å². The molecule has 1 heterocycles. The van der Waals surface area contributed by atoms with Crippen molar-refractivity contribution in [3.63, 3.8) is 0 Å². The lowest BCUT2D eigenvalue weighted by molar-refractivity contribution is 0.685. The van der Waals surface area contributed by atoms with Gasteiger partial charge in [-0.1, -0.05) is 24.3 Å². The number of nitrogens with one attached hydrogen (secondary N) is 2. The number of benzene rings is 1. The molecule has 5 nitrogen and oxygen atoms in total. The SMILES string of the molecule is CN=C(NCCCCN(C)c1ccccc1)NCc1ccccn1.I. The summed E-state index contributed by atoms with van der Waals surface area (Å²) in [6.45, 7) is 2.63. The second-order valence-corrected chi connectivity index (χ2v) is 5.64. The molecule has 2 N–H and O–H groups in total. The molecule has 0 fully saturated rings. The number of pyridine rings is 1. The molecule has 0 radical (unpaired) electrons. The average Bonchev–Trinajstić information content (AvgIpc) is 2.65. The Kier molecular flexibility index (Phi) is 10.6. The van der Waals surface area contributed by atoms with Gasteiger partial charge in [0, 0.05) is 39.1 Å². The summed E-state index contributed by atoms with van der Waals surface area (Å²) in [4.78, 5) is 10.8. The minimum Gasteiger partial charge on any atom is -0.375 e. The number of guanidine groups is 1. The van der Waals surface area contributed by atoms with Crippen LogP contribution in [0, 0.1) is 0 Å². The van der Waals surface area contributed by atoms with Gasteiger partial charge in [0.2, 0.25) is 0 Å². The third-order valence-electron chi connectivity index (χ3n) is 3.80. The Balaban J connectivity index is 0.00000312. The highest BCUT2D eigenvalue weighted by atomic mass is 127. The fourth-order valence-electron chi connectivity index (χ4n) is 2.39. The molecule has 6 heteroatoms. The van der Waals surface area contributed by atoms with E-state index in [9.17, 15) is 0 Å². The molecule has 2 aromatic rings. The van der Waals surface area contributed by atoms with Gasteiger partial charge in [-0.3, -0.25) is 9.98 Å². The molecule has 136 valence electrons. The normalized spacial score (nSPS) is 10.7. The molecule has 0 saturated carbocycles. The van der Waals surface area contributed by atoms with Crippen LogP contribution in [0.25, 0.3) is 0 Å². The lowest BCUT2D eigenvalue weighted by Gasteiger charge is -2.19. The predicted octanol–water partition coefficient (Wildman–Crippen LogP) is 3.28. The topological polar surface area (TPSA) is 52.6 Å². The summed E-state index contributed by atoms with van der Waals surface area (Å²) >= 11 is 0. The van der Waals surface area contributed by atoms with Gasteiger partial charge in [0.15, 0.2) is 5.96 Å². The maximum Gasteiger partial charge on any atom is 0.191 e. The molecule has 0 aliphatic heterocycles. The maximum atomic E-state index is 4.29.